The van der Waals surface area contributed by atoms with E-state index in [0.717, 1.165) is 49.0 Å². The van der Waals surface area contributed by atoms with Gasteiger partial charge >= 0.3 is 0 Å². The molecule has 4 N–H and O–H groups in total. The predicted octanol–water partition coefficient (Wildman–Crippen LogP) is 2.40. The van der Waals surface area contributed by atoms with E-state index >= 15 is 0 Å². The van der Waals surface area contributed by atoms with Crippen LogP contribution < -0.4 is 16.2 Å². The molecule has 0 unspecified atom stereocenters. The van der Waals surface area contributed by atoms with Gasteiger partial charge in [0.2, 0.25) is 0 Å². The fourth-order valence-corrected chi connectivity index (χ4v) is 5.35. The van der Waals surface area contributed by atoms with Crippen molar-refractivity contribution in [3.8, 4) is 11.1 Å². The molecule has 1 aliphatic heterocycles. The van der Waals surface area contributed by atoms with Crippen molar-refractivity contribution < 1.29 is 19.4 Å². The maximum absolute atomic E-state index is 15.0. The highest BCUT2D eigenvalue weighted by Gasteiger charge is 2.25. The average molecular weight is 537 g/mol. The van der Waals surface area contributed by atoms with Crippen LogP contribution >= 0.6 is 0 Å². The zero-order valence-electron chi connectivity index (χ0n) is 22.5. The van der Waals surface area contributed by atoms with Gasteiger partial charge in [-0.3, -0.25) is 14.5 Å². The van der Waals surface area contributed by atoms with Crippen LogP contribution in [0.25, 0.3) is 21.9 Å². The molecule has 8 nitrogen and oxygen atoms in total. The van der Waals surface area contributed by atoms with Crippen molar-refractivity contribution in [2.75, 3.05) is 32.8 Å². The molecule has 39 heavy (non-hydrogen) atoms. The summed E-state index contributed by atoms with van der Waals surface area (Å²) >= 11 is 0. The number of aliphatic hydroxyl groups excluding tert-OH is 2. The Morgan fingerprint density at radius 1 is 1.18 bits per heavy atom. The molecule has 2 aliphatic rings. The Kier molecular flexibility index (Phi) is 8.13. The molecule has 1 saturated carbocycles. The summed E-state index contributed by atoms with van der Waals surface area (Å²) in [6, 6.07) is 8.99. The molecule has 0 radical (unpaired) electrons. The molecule has 0 spiro atoms. The number of carbonyl (C=O) groups excluding carboxylic acids is 1. The lowest BCUT2D eigenvalue weighted by molar-refractivity contribution is 0.0950. The molecular weight excluding hydrogens is 499 g/mol. The van der Waals surface area contributed by atoms with Gasteiger partial charge in [0.05, 0.1) is 0 Å². The van der Waals surface area contributed by atoms with E-state index in [1.807, 2.05) is 12.3 Å². The van der Waals surface area contributed by atoms with Gasteiger partial charge in [-0.2, -0.15) is 0 Å². The minimum Gasteiger partial charge on any atom is -0.396 e. The van der Waals surface area contributed by atoms with Crippen molar-refractivity contribution in [1.82, 2.24) is 20.1 Å². The van der Waals surface area contributed by atoms with Crippen LogP contribution in [-0.2, 0) is 13.1 Å². The van der Waals surface area contributed by atoms with E-state index < -0.39 is 11.7 Å². The first kappa shape index (κ1) is 27.5. The van der Waals surface area contributed by atoms with Gasteiger partial charge in [-0.1, -0.05) is 6.07 Å². The number of pyridine rings is 1. The van der Waals surface area contributed by atoms with Gasteiger partial charge in [-0.25, -0.2) is 4.39 Å². The van der Waals surface area contributed by atoms with Crippen LogP contribution in [0.3, 0.4) is 0 Å². The Morgan fingerprint density at radius 3 is 2.64 bits per heavy atom. The van der Waals surface area contributed by atoms with E-state index in [1.165, 1.54) is 6.07 Å². The largest absolute Gasteiger partial charge is 0.396 e. The van der Waals surface area contributed by atoms with Crippen LogP contribution in [0.2, 0.25) is 0 Å². The molecule has 1 atom stereocenters. The highest BCUT2D eigenvalue weighted by atomic mass is 19.1. The Labute approximate surface area is 227 Å². The lowest BCUT2D eigenvalue weighted by Gasteiger charge is -2.32. The van der Waals surface area contributed by atoms with Gasteiger partial charge in [0, 0.05) is 81.1 Å². The fraction of sp³-hybridized carbons (Fsp3) is 0.467. The number of nitrogens with one attached hydrogen (secondary N) is 2. The Bertz CT molecular complexity index is 1430. The van der Waals surface area contributed by atoms with Crippen LogP contribution in [0.15, 0.2) is 41.3 Å². The van der Waals surface area contributed by atoms with Gasteiger partial charge in [0.1, 0.15) is 5.82 Å². The number of benzene rings is 2. The van der Waals surface area contributed by atoms with Gasteiger partial charge in [-0.05, 0) is 78.6 Å². The van der Waals surface area contributed by atoms with Crippen molar-refractivity contribution in [3.63, 3.8) is 0 Å². The SMILES string of the molecule is Cc1c(F)cc(C(=O)NC2CC2)cc1-c1ccc2c(=O)n(CC(CO)CO)cc(CN3CCN[C@@H](C)C3)c2c1. The van der Waals surface area contributed by atoms with Crippen molar-refractivity contribution >= 4 is 16.7 Å². The quantitative estimate of drug-likeness (QED) is 0.335. The molecule has 5 rings (SSSR count). The summed E-state index contributed by atoms with van der Waals surface area (Å²) in [4.78, 5) is 28.5. The number of hydrogen-bond acceptors (Lipinski definition) is 6. The summed E-state index contributed by atoms with van der Waals surface area (Å²) in [6.45, 7) is 6.81. The second kappa shape index (κ2) is 11.6. The molecule has 3 aromatic rings. The minimum atomic E-state index is -0.446. The first-order chi connectivity index (χ1) is 18.8. The van der Waals surface area contributed by atoms with E-state index in [1.54, 1.807) is 29.7 Å². The normalized spacial score (nSPS) is 18.2. The van der Waals surface area contributed by atoms with Gasteiger partial charge in [-0.15, -0.1) is 0 Å². The van der Waals surface area contributed by atoms with E-state index in [9.17, 15) is 24.2 Å². The number of carbonyl (C=O) groups is 1. The molecule has 1 saturated heterocycles. The maximum atomic E-state index is 15.0. The zero-order chi connectivity index (χ0) is 27.7. The van der Waals surface area contributed by atoms with E-state index in [-0.39, 0.29) is 42.8 Å². The van der Waals surface area contributed by atoms with Crippen molar-refractivity contribution in [2.24, 2.45) is 5.92 Å². The van der Waals surface area contributed by atoms with E-state index in [4.69, 9.17) is 0 Å². The smallest absolute Gasteiger partial charge is 0.258 e. The Morgan fingerprint density at radius 2 is 1.95 bits per heavy atom. The zero-order valence-corrected chi connectivity index (χ0v) is 22.5. The number of halogens is 1. The number of fused-ring (bicyclic) bond motifs is 1. The third-order valence-electron chi connectivity index (χ3n) is 7.82. The summed E-state index contributed by atoms with van der Waals surface area (Å²) in [7, 11) is 0. The second-order valence-electron chi connectivity index (χ2n) is 11.1. The fourth-order valence-electron chi connectivity index (χ4n) is 5.35. The lowest BCUT2D eigenvalue weighted by atomic mass is 9.94. The van der Waals surface area contributed by atoms with Crippen molar-refractivity contribution in [1.29, 1.82) is 0 Å². The maximum Gasteiger partial charge on any atom is 0.258 e. The van der Waals surface area contributed by atoms with E-state index in [2.05, 4.69) is 22.5 Å². The topological polar surface area (TPSA) is 107 Å². The molecule has 9 heteroatoms. The number of amides is 1. The number of piperazine rings is 1. The standard InChI is InChI=1S/C30H37FN4O4/c1-18-12-34(8-7-32-18)14-23-15-35(13-20(16-36)17-37)30(39)25-6-3-21(9-27(23)25)26-10-22(11-28(31)19(26)2)29(38)33-24-4-5-24/h3,6,9-11,15,18,20,24,32,36-37H,4-5,7-8,12-14,16-17H2,1-2H3,(H,33,38)/t18-/m0/s1. The third-order valence-corrected chi connectivity index (χ3v) is 7.82. The summed E-state index contributed by atoms with van der Waals surface area (Å²) in [5.74, 6) is -1.17. The summed E-state index contributed by atoms with van der Waals surface area (Å²) in [6.07, 6.45) is 3.72. The number of aromatic nitrogens is 1. The van der Waals surface area contributed by atoms with Crippen molar-refractivity contribution in [2.45, 2.75) is 51.9 Å². The van der Waals surface area contributed by atoms with Crippen LogP contribution in [-0.4, -0.2) is 70.5 Å². The number of hydrogen-bond donors (Lipinski definition) is 4. The first-order valence-electron chi connectivity index (χ1n) is 13.7. The van der Waals surface area contributed by atoms with Gasteiger partial charge in [0.25, 0.3) is 11.5 Å². The van der Waals surface area contributed by atoms with Gasteiger partial charge < -0.3 is 25.4 Å². The highest BCUT2D eigenvalue weighted by Crippen LogP contribution is 2.31. The number of aliphatic hydroxyl groups is 2. The molecule has 1 aromatic heterocycles. The lowest BCUT2D eigenvalue weighted by Crippen LogP contribution is -2.48. The Hall–Kier alpha value is -3.11. The summed E-state index contributed by atoms with van der Waals surface area (Å²) in [5, 5.41) is 26.9. The van der Waals surface area contributed by atoms with Crippen LogP contribution in [0, 0.1) is 18.7 Å². The number of nitrogens with zero attached hydrogens (tertiary/aromatic N) is 2. The van der Waals surface area contributed by atoms with Gasteiger partial charge in [0.15, 0.2) is 0 Å². The molecule has 208 valence electrons. The molecule has 1 aliphatic carbocycles. The Balaban J connectivity index is 1.60. The first-order valence-corrected chi connectivity index (χ1v) is 13.7. The monoisotopic (exact) mass is 536 g/mol. The molecule has 1 amide bonds. The second-order valence-corrected chi connectivity index (χ2v) is 11.1. The van der Waals surface area contributed by atoms with Crippen LogP contribution in [0.5, 0.6) is 0 Å². The minimum absolute atomic E-state index is 0.166. The van der Waals surface area contributed by atoms with Crippen LogP contribution in [0.4, 0.5) is 4.39 Å². The van der Waals surface area contributed by atoms with Crippen molar-refractivity contribution in [3.05, 3.63) is 69.4 Å². The molecule has 2 heterocycles. The highest BCUT2D eigenvalue weighted by molar-refractivity contribution is 5.97. The summed E-state index contributed by atoms with van der Waals surface area (Å²) < 4.78 is 16.6. The molecule has 2 aromatic carbocycles. The van der Waals surface area contributed by atoms with E-state index in [0.29, 0.717) is 29.1 Å². The average Bonchev–Trinajstić information content (AvgIpc) is 3.74. The van der Waals surface area contributed by atoms with Crippen LogP contribution in [0.1, 0.15) is 41.3 Å². The number of rotatable bonds is 9. The summed E-state index contributed by atoms with van der Waals surface area (Å²) in [5.41, 5.74) is 2.80. The molecule has 2 fully saturated rings. The predicted molar refractivity (Wildman–Crippen MR) is 149 cm³/mol. The third kappa shape index (κ3) is 6.06. The molecular formula is C30H37FN4O4. The molecule has 0 bridgehead atoms.